The topological polar surface area (TPSA) is 39.7 Å². The van der Waals surface area contributed by atoms with E-state index >= 15 is 0 Å². The average Bonchev–Trinajstić information content (AvgIpc) is 2.52. The maximum atomic E-state index is 5.55. The summed E-state index contributed by atoms with van der Waals surface area (Å²) in [5.74, 6) is 2.33. The molecule has 4 heteroatoms. The molecule has 0 bridgehead atoms. The van der Waals surface area contributed by atoms with Crippen LogP contribution in [0, 0.1) is 5.92 Å². The highest BCUT2D eigenvalue weighted by Gasteiger charge is 2.29. The summed E-state index contributed by atoms with van der Waals surface area (Å²) in [5.41, 5.74) is 1.13. The minimum absolute atomic E-state index is 0.245. The number of nitrogens with one attached hydrogen (secondary N) is 1. The van der Waals surface area contributed by atoms with Crippen LogP contribution in [0.1, 0.15) is 31.4 Å². The first kappa shape index (κ1) is 15.1. The monoisotopic (exact) mass is 279 g/mol. The smallest absolute Gasteiger partial charge is 0.127 e. The molecule has 1 aromatic rings. The van der Waals surface area contributed by atoms with E-state index in [1.165, 1.54) is 0 Å². The van der Waals surface area contributed by atoms with E-state index in [1.54, 1.807) is 14.2 Å². The maximum Gasteiger partial charge on any atom is 0.127 e. The first-order valence-electron chi connectivity index (χ1n) is 7.33. The van der Waals surface area contributed by atoms with Gasteiger partial charge < -0.3 is 19.5 Å². The fourth-order valence-corrected chi connectivity index (χ4v) is 2.96. The van der Waals surface area contributed by atoms with E-state index < -0.39 is 0 Å². The largest absolute Gasteiger partial charge is 0.496 e. The molecule has 1 atom stereocenters. The predicted octanol–water partition coefficient (Wildman–Crippen LogP) is 2.78. The van der Waals surface area contributed by atoms with Crippen LogP contribution in [-0.2, 0) is 4.74 Å². The van der Waals surface area contributed by atoms with Gasteiger partial charge in [-0.25, -0.2) is 0 Å². The van der Waals surface area contributed by atoms with Crippen molar-refractivity contribution in [2.75, 3.05) is 34.0 Å². The van der Waals surface area contributed by atoms with E-state index in [0.29, 0.717) is 5.92 Å². The third-order valence-electron chi connectivity index (χ3n) is 3.94. The minimum atomic E-state index is 0.245. The molecule has 2 rings (SSSR count). The summed E-state index contributed by atoms with van der Waals surface area (Å²) >= 11 is 0. The summed E-state index contributed by atoms with van der Waals surface area (Å²) in [6, 6.07) is 6.21. The molecular weight excluding hydrogens is 254 g/mol. The predicted molar refractivity (Wildman–Crippen MR) is 79.5 cm³/mol. The molecule has 0 spiro atoms. The van der Waals surface area contributed by atoms with E-state index in [0.717, 1.165) is 49.7 Å². The summed E-state index contributed by atoms with van der Waals surface area (Å²) in [6.45, 7) is 4.73. The number of hydrogen-bond donors (Lipinski definition) is 1. The van der Waals surface area contributed by atoms with Crippen molar-refractivity contribution in [2.24, 2.45) is 5.92 Å². The third-order valence-corrected chi connectivity index (χ3v) is 3.94. The van der Waals surface area contributed by atoms with Crippen LogP contribution in [0.3, 0.4) is 0 Å². The number of benzene rings is 1. The van der Waals surface area contributed by atoms with Gasteiger partial charge in [0.25, 0.3) is 0 Å². The van der Waals surface area contributed by atoms with Gasteiger partial charge in [-0.05, 0) is 37.4 Å². The molecule has 0 aliphatic carbocycles. The lowest BCUT2D eigenvalue weighted by Gasteiger charge is -2.32. The zero-order chi connectivity index (χ0) is 14.4. The summed E-state index contributed by atoms with van der Waals surface area (Å²) in [4.78, 5) is 0. The summed E-state index contributed by atoms with van der Waals surface area (Å²) in [5, 5.41) is 3.60. The highest BCUT2D eigenvalue weighted by Crippen LogP contribution is 2.40. The Kier molecular flexibility index (Phi) is 5.68. The first-order valence-corrected chi connectivity index (χ1v) is 7.33. The Morgan fingerprint density at radius 1 is 1.20 bits per heavy atom. The van der Waals surface area contributed by atoms with Gasteiger partial charge in [0.05, 0.1) is 19.8 Å². The quantitative estimate of drug-likeness (QED) is 0.869. The molecule has 0 aromatic heterocycles. The summed E-state index contributed by atoms with van der Waals surface area (Å²) in [7, 11) is 3.43. The molecule has 1 heterocycles. The van der Waals surface area contributed by atoms with Crippen LogP contribution < -0.4 is 14.8 Å². The van der Waals surface area contributed by atoms with Crippen LogP contribution in [-0.4, -0.2) is 34.0 Å². The molecule has 0 amide bonds. The van der Waals surface area contributed by atoms with E-state index in [4.69, 9.17) is 14.2 Å². The van der Waals surface area contributed by atoms with E-state index in [9.17, 15) is 0 Å². The van der Waals surface area contributed by atoms with Gasteiger partial charge >= 0.3 is 0 Å². The van der Waals surface area contributed by atoms with Crippen molar-refractivity contribution in [3.05, 3.63) is 23.8 Å². The Hall–Kier alpha value is -1.26. The molecule has 4 nitrogen and oxygen atoms in total. The second kappa shape index (κ2) is 7.50. The van der Waals surface area contributed by atoms with Crippen LogP contribution >= 0.6 is 0 Å². The SMILES string of the molecule is CCNC(c1c(OC)cccc1OC)C1CCOCC1. The molecule has 20 heavy (non-hydrogen) atoms. The van der Waals surface area contributed by atoms with Crippen molar-refractivity contribution >= 4 is 0 Å². The van der Waals surface area contributed by atoms with Gasteiger partial charge in [-0.15, -0.1) is 0 Å². The second-order valence-corrected chi connectivity index (χ2v) is 5.06. The highest BCUT2D eigenvalue weighted by molar-refractivity contribution is 5.47. The number of methoxy groups -OCH3 is 2. The number of hydrogen-bond acceptors (Lipinski definition) is 4. The maximum absolute atomic E-state index is 5.55. The average molecular weight is 279 g/mol. The highest BCUT2D eigenvalue weighted by atomic mass is 16.5. The van der Waals surface area contributed by atoms with Gasteiger partial charge in [0.1, 0.15) is 11.5 Å². The van der Waals surface area contributed by atoms with Crippen LogP contribution in [0.4, 0.5) is 0 Å². The Morgan fingerprint density at radius 3 is 2.30 bits per heavy atom. The molecule has 1 unspecified atom stereocenters. The van der Waals surface area contributed by atoms with Crippen molar-refractivity contribution in [2.45, 2.75) is 25.8 Å². The van der Waals surface area contributed by atoms with Gasteiger partial charge in [-0.3, -0.25) is 0 Å². The Labute approximate surface area is 121 Å². The van der Waals surface area contributed by atoms with Gasteiger partial charge in [0, 0.05) is 19.3 Å². The molecule has 1 N–H and O–H groups in total. The van der Waals surface area contributed by atoms with Crippen molar-refractivity contribution < 1.29 is 14.2 Å². The number of ether oxygens (including phenoxy) is 3. The fraction of sp³-hybridized carbons (Fsp3) is 0.625. The molecular formula is C16H25NO3. The van der Waals surface area contributed by atoms with Crippen LogP contribution in [0.15, 0.2) is 18.2 Å². The van der Waals surface area contributed by atoms with Crippen LogP contribution in [0.2, 0.25) is 0 Å². The van der Waals surface area contributed by atoms with Gasteiger partial charge in [0.2, 0.25) is 0 Å². The molecule has 112 valence electrons. The van der Waals surface area contributed by atoms with Crippen molar-refractivity contribution in [3.63, 3.8) is 0 Å². The van der Waals surface area contributed by atoms with E-state index in [-0.39, 0.29) is 6.04 Å². The van der Waals surface area contributed by atoms with Crippen LogP contribution in [0.5, 0.6) is 11.5 Å². The molecule has 0 radical (unpaired) electrons. The van der Waals surface area contributed by atoms with Crippen LogP contribution in [0.25, 0.3) is 0 Å². The molecule has 1 aliphatic rings. The second-order valence-electron chi connectivity index (χ2n) is 5.06. The van der Waals surface area contributed by atoms with E-state index in [1.807, 2.05) is 18.2 Å². The molecule has 1 aromatic carbocycles. The normalized spacial score (nSPS) is 17.8. The lowest BCUT2D eigenvalue weighted by atomic mass is 9.86. The summed E-state index contributed by atoms with van der Waals surface area (Å²) < 4.78 is 16.6. The van der Waals surface area contributed by atoms with Crippen molar-refractivity contribution in [1.29, 1.82) is 0 Å². The zero-order valence-corrected chi connectivity index (χ0v) is 12.6. The number of rotatable bonds is 6. The Balaban J connectivity index is 2.36. The minimum Gasteiger partial charge on any atom is -0.496 e. The van der Waals surface area contributed by atoms with Crippen molar-refractivity contribution in [1.82, 2.24) is 5.32 Å². The molecule has 1 saturated heterocycles. The summed E-state index contributed by atoms with van der Waals surface area (Å²) in [6.07, 6.45) is 2.14. The molecule has 1 fully saturated rings. The van der Waals surface area contributed by atoms with Gasteiger partial charge in [-0.1, -0.05) is 13.0 Å². The lowest BCUT2D eigenvalue weighted by molar-refractivity contribution is 0.0531. The molecule has 1 aliphatic heterocycles. The van der Waals surface area contributed by atoms with Gasteiger partial charge in [0.15, 0.2) is 0 Å². The van der Waals surface area contributed by atoms with Gasteiger partial charge in [-0.2, -0.15) is 0 Å². The van der Waals surface area contributed by atoms with Crippen molar-refractivity contribution in [3.8, 4) is 11.5 Å². The third kappa shape index (κ3) is 3.25. The standard InChI is InChI=1S/C16H25NO3/c1-4-17-16(12-8-10-20-11-9-12)15-13(18-2)6-5-7-14(15)19-3/h5-7,12,16-17H,4,8-11H2,1-3H3. The van der Waals surface area contributed by atoms with E-state index in [2.05, 4.69) is 12.2 Å². The fourth-order valence-electron chi connectivity index (χ4n) is 2.96. The zero-order valence-electron chi connectivity index (χ0n) is 12.6. The Bertz CT molecular complexity index is 394. The lowest BCUT2D eigenvalue weighted by Crippen LogP contribution is -2.32. The Morgan fingerprint density at radius 2 is 1.80 bits per heavy atom. The first-order chi connectivity index (χ1) is 9.81. The molecule has 0 saturated carbocycles.